The molecular formula is C52H41B3N4O2. The van der Waals surface area contributed by atoms with E-state index >= 15 is 0 Å². The van der Waals surface area contributed by atoms with Gasteiger partial charge < -0.3 is 15.5 Å². The maximum Gasteiger partial charge on any atom is 0.211 e. The molecule has 3 aliphatic rings. The monoisotopic (exact) mass is 786 g/mol. The molecule has 0 radical (unpaired) electrons. The van der Waals surface area contributed by atoms with Gasteiger partial charge in [0, 0.05) is 22.4 Å². The van der Waals surface area contributed by atoms with Crippen LogP contribution in [0.3, 0.4) is 0 Å². The number of rotatable bonds is 5. The highest BCUT2D eigenvalue weighted by Crippen LogP contribution is 2.57. The number of aliphatic imine (C=N–C) groups is 2. The van der Waals surface area contributed by atoms with E-state index in [2.05, 4.69) is 137 Å². The van der Waals surface area contributed by atoms with Gasteiger partial charge in [-0.25, -0.2) is 4.99 Å². The summed E-state index contributed by atoms with van der Waals surface area (Å²) in [6, 6.07) is 55.4. The summed E-state index contributed by atoms with van der Waals surface area (Å²) >= 11 is 0. The summed E-state index contributed by atoms with van der Waals surface area (Å²) in [5.74, 6) is 1.45. The Kier molecular flexibility index (Phi) is 8.74. The molecule has 61 heavy (non-hydrogen) atoms. The van der Waals surface area contributed by atoms with Gasteiger partial charge in [-0.2, -0.15) is 4.99 Å². The molecule has 3 N–H and O–H groups in total. The average molecular weight is 786 g/mol. The number of aryl methyl sites for hydroxylation is 1. The van der Waals surface area contributed by atoms with Gasteiger partial charge in [0.25, 0.3) is 0 Å². The molecule has 2 atom stereocenters. The molecule has 0 amide bonds. The van der Waals surface area contributed by atoms with Crippen LogP contribution < -0.4 is 21.7 Å². The second kappa shape index (κ2) is 14.5. The molecule has 2 unspecified atom stereocenters. The summed E-state index contributed by atoms with van der Waals surface area (Å²) < 4.78 is 2.36. The van der Waals surface area contributed by atoms with Crippen LogP contribution in [0.15, 0.2) is 168 Å². The third-order valence-electron chi connectivity index (χ3n) is 13.1. The maximum atomic E-state index is 12.1. The maximum absolute atomic E-state index is 12.1. The van der Waals surface area contributed by atoms with Crippen molar-refractivity contribution in [1.29, 1.82) is 0 Å². The van der Waals surface area contributed by atoms with E-state index in [1.165, 1.54) is 33.2 Å². The second-order valence-corrected chi connectivity index (χ2v) is 16.4. The molecule has 7 aromatic carbocycles. The van der Waals surface area contributed by atoms with E-state index in [4.69, 9.17) is 9.98 Å². The van der Waals surface area contributed by atoms with Crippen LogP contribution in [0.1, 0.15) is 57.6 Å². The number of hydrogen-bond acceptors (Lipinski definition) is 5. The van der Waals surface area contributed by atoms with Gasteiger partial charge in [-0.15, -0.1) is 0 Å². The van der Waals surface area contributed by atoms with Crippen LogP contribution in [0.4, 0.5) is 0 Å². The first-order valence-electron chi connectivity index (χ1n) is 21.1. The highest BCUT2D eigenvalue weighted by molar-refractivity contribution is 6.55. The van der Waals surface area contributed by atoms with Gasteiger partial charge in [-0.05, 0) is 86.1 Å². The number of phenolic OH excluding ortho intramolecular Hbond substituents is 2. The lowest BCUT2D eigenvalue weighted by atomic mass is 9.69. The molecule has 9 heteroatoms. The highest BCUT2D eigenvalue weighted by atomic mass is 16.3. The molecule has 0 saturated carbocycles. The van der Waals surface area contributed by atoms with Gasteiger partial charge in [0.15, 0.2) is 5.84 Å². The molecule has 1 aromatic heterocycles. The molecular weight excluding hydrogens is 745 g/mol. The molecule has 6 nitrogen and oxygen atoms in total. The average Bonchev–Trinajstić information content (AvgIpc) is 3.84. The van der Waals surface area contributed by atoms with Gasteiger partial charge in [0.2, 0.25) is 5.96 Å². The Labute approximate surface area is 357 Å². The van der Waals surface area contributed by atoms with Crippen molar-refractivity contribution in [3.63, 3.8) is 0 Å². The highest BCUT2D eigenvalue weighted by Gasteiger charge is 2.41. The standard InChI is InChI=1S/C52H41B3N4O2/c53-44-43(48(60)46(55)49(61)45(44)54)39-28-32(29-14-4-1-5-15-29)24-25-37(39)41-35-22-11-10-20-33(35)36-26-27-38-34-21-12-13-23-40(34)59(47(38)42(36)41)52-57-50(30-16-6-2-7-17-30)56-51(58-52)31-18-8-3-9-19-31/h1-25,28,41,50,60-61H,26-27,53-55H2,(H,56,57,58). The van der Waals surface area contributed by atoms with Crippen LogP contribution in [-0.2, 0) is 6.42 Å². The fourth-order valence-corrected chi connectivity index (χ4v) is 10.0. The van der Waals surface area contributed by atoms with Crippen LogP contribution in [0.5, 0.6) is 11.5 Å². The lowest BCUT2D eigenvalue weighted by Crippen LogP contribution is -2.38. The van der Waals surface area contributed by atoms with Gasteiger partial charge in [0.05, 0.1) is 11.2 Å². The number of amidine groups is 1. The van der Waals surface area contributed by atoms with Crippen molar-refractivity contribution >= 4 is 73.8 Å². The lowest BCUT2D eigenvalue weighted by molar-refractivity contribution is 0.463. The second-order valence-electron chi connectivity index (χ2n) is 16.4. The van der Waals surface area contributed by atoms with Crippen LogP contribution in [0.25, 0.3) is 44.3 Å². The molecule has 0 spiro atoms. The number of aromatic nitrogens is 1. The van der Waals surface area contributed by atoms with Gasteiger partial charge in [-0.3, -0.25) is 4.57 Å². The SMILES string of the molecule is Bc1c(B)c(-c2cc(-c3ccccc3)ccc2C2C3=C(CCc4c3n(C3=NC(c5ccccc5)=NC(c5ccccc5)N3)c3ccccc43)c3ccccc32)c(O)c(B)c1O. The summed E-state index contributed by atoms with van der Waals surface area (Å²) in [4.78, 5) is 10.6. The largest absolute Gasteiger partial charge is 0.509 e. The van der Waals surface area contributed by atoms with Crippen molar-refractivity contribution in [3.05, 3.63) is 197 Å². The van der Waals surface area contributed by atoms with Crippen molar-refractivity contribution in [2.24, 2.45) is 9.98 Å². The van der Waals surface area contributed by atoms with Crippen molar-refractivity contribution in [2.75, 3.05) is 0 Å². The summed E-state index contributed by atoms with van der Waals surface area (Å²) in [5.41, 5.74) is 17.7. The van der Waals surface area contributed by atoms with Crippen molar-refractivity contribution in [3.8, 4) is 33.8 Å². The molecule has 2 aliphatic carbocycles. The quantitative estimate of drug-likeness (QED) is 0.184. The van der Waals surface area contributed by atoms with Crippen LogP contribution in [0.2, 0.25) is 0 Å². The Balaban J connectivity index is 1.19. The number of nitrogens with zero attached hydrogens (tertiary/aromatic N) is 3. The molecule has 2 heterocycles. The smallest absolute Gasteiger partial charge is 0.211 e. The van der Waals surface area contributed by atoms with Gasteiger partial charge >= 0.3 is 0 Å². The van der Waals surface area contributed by atoms with E-state index in [0.29, 0.717) is 11.3 Å². The number of para-hydroxylation sites is 1. The Bertz CT molecular complexity index is 3150. The Morgan fingerprint density at radius 1 is 0.590 bits per heavy atom. The van der Waals surface area contributed by atoms with Gasteiger partial charge in [-0.1, -0.05) is 157 Å². The molecule has 1 aliphatic heterocycles. The number of fused-ring (bicyclic) bond motifs is 6. The minimum atomic E-state index is -0.363. The van der Waals surface area contributed by atoms with Crippen molar-refractivity contribution in [1.82, 2.24) is 9.88 Å². The van der Waals surface area contributed by atoms with Crippen molar-refractivity contribution in [2.45, 2.75) is 24.9 Å². The van der Waals surface area contributed by atoms with E-state index in [1.807, 2.05) is 46.0 Å². The number of phenols is 2. The number of allylic oxidation sites excluding steroid dienone is 2. The first-order chi connectivity index (χ1) is 29.9. The summed E-state index contributed by atoms with van der Waals surface area (Å²) in [5, 5.41) is 28.3. The number of nitrogens with one attached hydrogen (secondary N) is 1. The molecule has 0 bridgehead atoms. The summed E-state index contributed by atoms with van der Waals surface area (Å²) in [7, 11) is 5.74. The minimum Gasteiger partial charge on any atom is -0.509 e. The van der Waals surface area contributed by atoms with E-state index in [1.54, 1.807) is 7.85 Å². The Morgan fingerprint density at radius 3 is 2.02 bits per heavy atom. The van der Waals surface area contributed by atoms with Gasteiger partial charge in [0.1, 0.15) is 41.2 Å². The number of hydrogen-bond donors (Lipinski definition) is 3. The topological polar surface area (TPSA) is 82.1 Å². The van der Waals surface area contributed by atoms with E-state index in [-0.39, 0.29) is 23.6 Å². The minimum absolute atomic E-state index is 0.103. The molecule has 8 aromatic rings. The zero-order chi connectivity index (χ0) is 41.4. The van der Waals surface area contributed by atoms with E-state index in [0.717, 1.165) is 79.9 Å². The predicted octanol–water partition coefficient (Wildman–Crippen LogP) is 6.12. The zero-order valence-corrected chi connectivity index (χ0v) is 34.3. The number of aromatic hydroxyl groups is 2. The third kappa shape index (κ3) is 5.82. The predicted molar refractivity (Wildman–Crippen MR) is 259 cm³/mol. The van der Waals surface area contributed by atoms with Crippen LogP contribution in [0, 0.1) is 0 Å². The number of benzene rings is 7. The summed E-state index contributed by atoms with van der Waals surface area (Å²) in [6.07, 6.45) is 1.42. The fourth-order valence-electron chi connectivity index (χ4n) is 10.0. The molecule has 11 rings (SSSR count). The van der Waals surface area contributed by atoms with E-state index < -0.39 is 0 Å². The Hall–Kier alpha value is -7.25. The van der Waals surface area contributed by atoms with Crippen LogP contribution in [-0.4, -0.2) is 50.1 Å². The third-order valence-corrected chi connectivity index (χ3v) is 13.1. The molecule has 0 saturated heterocycles. The fraction of sp³-hybridized carbons (Fsp3) is 0.0769. The summed E-state index contributed by atoms with van der Waals surface area (Å²) in [6.45, 7) is 0. The lowest BCUT2D eigenvalue weighted by Gasteiger charge is -2.29. The van der Waals surface area contributed by atoms with E-state index in [9.17, 15) is 10.2 Å². The molecule has 0 fully saturated rings. The first kappa shape index (κ1) is 36.8. The first-order valence-corrected chi connectivity index (χ1v) is 21.1. The zero-order valence-electron chi connectivity index (χ0n) is 34.3. The van der Waals surface area contributed by atoms with Crippen LogP contribution >= 0.6 is 0 Å². The van der Waals surface area contributed by atoms with Crippen molar-refractivity contribution < 1.29 is 10.2 Å². The Morgan fingerprint density at radius 2 is 1.25 bits per heavy atom. The normalized spacial score (nSPS) is 16.7. The molecule has 290 valence electrons.